The summed E-state index contributed by atoms with van der Waals surface area (Å²) in [5.74, 6) is -6.96. The summed E-state index contributed by atoms with van der Waals surface area (Å²) in [5, 5.41) is 0. The molecule has 49 heavy (non-hydrogen) atoms. The predicted molar refractivity (Wildman–Crippen MR) is 171 cm³/mol. The first-order valence-corrected chi connectivity index (χ1v) is 16.9. The highest BCUT2D eigenvalue weighted by atomic mass is 16.6. The number of amides is 1. The molecular formula is C34H53NO14. The van der Waals surface area contributed by atoms with Gasteiger partial charge in [-0.2, -0.15) is 0 Å². The monoisotopic (exact) mass is 699 g/mol. The van der Waals surface area contributed by atoms with Crippen LogP contribution in [-0.2, 0) is 66.7 Å². The first-order chi connectivity index (χ1) is 23.2. The zero-order chi connectivity index (χ0) is 36.6. The fraction of sp³-hybridized carbons (Fsp3) is 0.794. The third-order valence-corrected chi connectivity index (χ3v) is 9.29. The van der Waals surface area contributed by atoms with Crippen molar-refractivity contribution in [2.24, 2.45) is 22.7 Å². The summed E-state index contributed by atoms with van der Waals surface area (Å²) in [4.78, 5) is 91.2. The van der Waals surface area contributed by atoms with E-state index in [9.17, 15) is 33.6 Å². The summed E-state index contributed by atoms with van der Waals surface area (Å²) in [6.07, 6.45) is 1.11. The Bertz CT molecular complexity index is 1170. The molecule has 0 aromatic rings. The molecule has 15 nitrogen and oxygen atoms in total. The van der Waals surface area contributed by atoms with Crippen molar-refractivity contribution in [1.82, 2.24) is 4.90 Å². The molecule has 1 amide bonds. The lowest BCUT2D eigenvalue weighted by atomic mass is 9.64. The van der Waals surface area contributed by atoms with Crippen LogP contribution in [-0.4, -0.2) is 119 Å². The van der Waals surface area contributed by atoms with Gasteiger partial charge in [0.15, 0.2) is 0 Å². The molecule has 5 atom stereocenters. The van der Waals surface area contributed by atoms with Crippen LogP contribution in [0.1, 0.15) is 79.6 Å². The van der Waals surface area contributed by atoms with E-state index in [2.05, 4.69) is 0 Å². The minimum atomic E-state index is -1.70. The number of carbonyl (C=O) groups excluding carboxylic acids is 7. The molecule has 0 spiro atoms. The summed E-state index contributed by atoms with van der Waals surface area (Å²) in [6.45, 7) is 9.37. The Morgan fingerprint density at radius 1 is 0.837 bits per heavy atom. The zero-order valence-electron chi connectivity index (χ0n) is 29.7. The molecule has 2 aliphatic rings. The molecule has 2 rings (SSSR count). The molecule has 2 aliphatic heterocycles. The van der Waals surface area contributed by atoms with E-state index in [4.69, 9.17) is 33.2 Å². The van der Waals surface area contributed by atoms with Crippen molar-refractivity contribution in [2.75, 3.05) is 66.5 Å². The second-order valence-electron chi connectivity index (χ2n) is 12.8. The number of ether oxygens (including phenoxy) is 7. The van der Waals surface area contributed by atoms with Crippen LogP contribution < -0.4 is 0 Å². The van der Waals surface area contributed by atoms with Gasteiger partial charge in [0.05, 0.1) is 55.7 Å². The van der Waals surface area contributed by atoms with Crippen LogP contribution in [0.5, 0.6) is 0 Å². The van der Waals surface area contributed by atoms with E-state index in [-0.39, 0.29) is 51.0 Å². The van der Waals surface area contributed by atoms with Gasteiger partial charge in [-0.1, -0.05) is 13.8 Å². The molecular weight excluding hydrogens is 646 g/mol. The third kappa shape index (κ3) is 11.8. The van der Waals surface area contributed by atoms with Gasteiger partial charge < -0.3 is 38.1 Å². The van der Waals surface area contributed by atoms with E-state index >= 15 is 0 Å². The smallest absolute Gasteiger partial charge is 0.319 e. The predicted octanol–water partition coefficient (Wildman–Crippen LogP) is 2.19. The molecule has 0 radical (unpaired) electrons. The number of esters is 5. The number of carbonyl (C=O) groups is 7. The SMILES string of the molecule is CCC(C1C(=O)OC(=O)C1C(C)(CCC(C)(CC)C(=O)OCCOCCOCCOC)C(=O)OCCOC(=O)CC(C)=O)N1CCCC1=O. The number of hydrogen-bond acceptors (Lipinski definition) is 14. The summed E-state index contributed by atoms with van der Waals surface area (Å²) in [5.41, 5.74) is -2.79. The maximum Gasteiger partial charge on any atom is 0.319 e. The Labute approximate surface area is 287 Å². The van der Waals surface area contributed by atoms with Crippen molar-refractivity contribution < 1.29 is 66.7 Å². The van der Waals surface area contributed by atoms with Crippen LogP contribution in [0, 0.1) is 22.7 Å². The van der Waals surface area contributed by atoms with Gasteiger partial charge in [0.1, 0.15) is 32.0 Å². The van der Waals surface area contributed by atoms with Crippen molar-refractivity contribution in [1.29, 1.82) is 0 Å². The molecule has 0 aromatic carbocycles. The minimum Gasteiger partial charge on any atom is -0.463 e. The number of cyclic esters (lactones) is 2. The topological polar surface area (TPSA) is 187 Å². The quantitative estimate of drug-likeness (QED) is 0.0617. The first kappa shape index (κ1) is 41.7. The fourth-order valence-corrected chi connectivity index (χ4v) is 6.12. The van der Waals surface area contributed by atoms with Crippen LogP contribution in [0.4, 0.5) is 0 Å². The molecule has 15 heteroatoms. The molecule has 0 bridgehead atoms. The van der Waals surface area contributed by atoms with E-state index in [0.717, 1.165) is 0 Å². The van der Waals surface area contributed by atoms with Gasteiger partial charge in [0.25, 0.3) is 0 Å². The zero-order valence-corrected chi connectivity index (χ0v) is 29.7. The second kappa shape index (κ2) is 20.3. The van der Waals surface area contributed by atoms with Crippen LogP contribution >= 0.6 is 0 Å². The molecule has 2 saturated heterocycles. The number of hydrogen-bond donors (Lipinski definition) is 0. The second-order valence-corrected chi connectivity index (χ2v) is 12.8. The number of likely N-dealkylation sites (tertiary alicyclic amines) is 1. The molecule has 0 N–H and O–H groups in total. The fourth-order valence-electron chi connectivity index (χ4n) is 6.12. The minimum absolute atomic E-state index is 0.0122. The van der Waals surface area contributed by atoms with E-state index in [0.29, 0.717) is 58.7 Å². The third-order valence-electron chi connectivity index (χ3n) is 9.29. The van der Waals surface area contributed by atoms with Crippen LogP contribution in [0.3, 0.4) is 0 Å². The van der Waals surface area contributed by atoms with E-state index in [1.165, 1.54) is 13.8 Å². The first-order valence-electron chi connectivity index (χ1n) is 16.9. The number of methoxy groups -OCH3 is 1. The Balaban J connectivity index is 2.24. The number of Topliss-reactive ketones (excluding diaryl/α,β-unsaturated/α-hetero) is 1. The summed E-state index contributed by atoms with van der Waals surface area (Å²) < 4.78 is 36.8. The Morgan fingerprint density at radius 2 is 1.43 bits per heavy atom. The van der Waals surface area contributed by atoms with Gasteiger partial charge >= 0.3 is 29.8 Å². The highest BCUT2D eigenvalue weighted by Crippen LogP contribution is 2.48. The van der Waals surface area contributed by atoms with E-state index in [1.807, 2.05) is 0 Å². The van der Waals surface area contributed by atoms with Crippen molar-refractivity contribution in [3.05, 3.63) is 0 Å². The van der Waals surface area contributed by atoms with Crippen LogP contribution in [0.25, 0.3) is 0 Å². The summed E-state index contributed by atoms with van der Waals surface area (Å²) in [6, 6.07) is -0.702. The number of nitrogens with zero attached hydrogens (tertiary/aromatic N) is 1. The molecule has 2 heterocycles. The van der Waals surface area contributed by atoms with Gasteiger partial charge in [-0.3, -0.25) is 33.6 Å². The van der Waals surface area contributed by atoms with E-state index in [1.54, 1.807) is 32.8 Å². The van der Waals surface area contributed by atoms with E-state index < -0.39 is 65.0 Å². The number of rotatable bonds is 24. The van der Waals surface area contributed by atoms with Crippen molar-refractivity contribution in [3.8, 4) is 0 Å². The highest BCUT2D eigenvalue weighted by Gasteiger charge is 2.61. The Hall–Kier alpha value is -3.43. The normalized spacial score (nSPS) is 20.7. The Kier molecular flexibility index (Phi) is 17.3. The molecule has 5 unspecified atom stereocenters. The van der Waals surface area contributed by atoms with Gasteiger partial charge in [-0.05, 0) is 52.9 Å². The van der Waals surface area contributed by atoms with Gasteiger partial charge in [-0.25, -0.2) is 0 Å². The van der Waals surface area contributed by atoms with Crippen LogP contribution in [0.2, 0.25) is 0 Å². The van der Waals surface area contributed by atoms with Gasteiger partial charge in [-0.15, -0.1) is 0 Å². The standard InChI is InChI=1S/C34H53NO14/c1-7-24(35-13-9-10-25(35)37)27-28(30(40)49-29(27)39)34(5,32(42)48-21-20-46-26(38)22-23(3)36)12-11-33(4,8-2)31(41)47-19-18-45-17-16-44-15-14-43-6/h24,27-28H,7-22H2,1-6H3. The summed E-state index contributed by atoms with van der Waals surface area (Å²) in [7, 11) is 1.58. The average Bonchev–Trinajstić information content (AvgIpc) is 3.62. The van der Waals surface area contributed by atoms with Crippen molar-refractivity contribution >= 4 is 41.5 Å². The molecule has 0 aliphatic carbocycles. The largest absolute Gasteiger partial charge is 0.463 e. The number of ketones is 1. The molecule has 2 fully saturated rings. The van der Waals surface area contributed by atoms with Gasteiger partial charge in [0.2, 0.25) is 5.91 Å². The highest BCUT2D eigenvalue weighted by molar-refractivity contribution is 6.00. The Morgan fingerprint density at radius 3 is 2.00 bits per heavy atom. The molecule has 0 saturated carbocycles. The molecule has 278 valence electrons. The average molecular weight is 700 g/mol. The van der Waals surface area contributed by atoms with Gasteiger partial charge in [0, 0.05) is 26.1 Å². The lowest BCUT2D eigenvalue weighted by Gasteiger charge is -2.39. The van der Waals surface area contributed by atoms with Crippen molar-refractivity contribution in [3.63, 3.8) is 0 Å². The maximum absolute atomic E-state index is 13.9. The van der Waals surface area contributed by atoms with Crippen LogP contribution in [0.15, 0.2) is 0 Å². The lowest BCUT2D eigenvalue weighted by molar-refractivity contribution is -0.170. The lowest BCUT2D eigenvalue weighted by Crippen LogP contribution is -2.51. The molecule has 0 aromatic heterocycles. The summed E-state index contributed by atoms with van der Waals surface area (Å²) >= 11 is 0. The van der Waals surface area contributed by atoms with Crippen molar-refractivity contribution in [2.45, 2.75) is 85.6 Å². The maximum atomic E-state index is 13.9.